The number of nitro benzene ring substituents is 1. The number of nitro groups is 1. The molecule has 0 aliphatic carbocycles. The van der Waals surface area contributed by atoms with Gasteiger partial charge in [-0.2, -0.15) is 0 Å². The Morgan fingerprint density at radius 1 is 1.23 bits per heavy atom. The first-order chi connectivity index (χ1) is 14.0. The van der Waals surface area contributed by atoms with Crippen LogP contribution < -0.4 is 20.7 Å². The van der Waals surface area contributed by atoms with E-state index in [0.717, 1.165) is 3.57 Å². The number of alkyl halides is 3. The Morgan fingerprint density at radius 3 is 2.50 bits per heavy atom. The number of nitrogens with one attached hydrogen (secondary N) is 3. The van der Waals surface area contributed by atoms with Gasteiger partial charge in [-0.3, -0.25) is 14.9 Å². The first-order valence-corrected chi connectivity index (χ1v) is 10.7. The third kappa shape index (κ3) is 6.98. The van der Waals surface area contributed by atoms with Crippen LogP contribution in [0.5, 0.6) is 5.75 Å². The predicted octanol–water partition coefficient (Wildman–Crippen LogP) is 4.62. The predicted molar refractivity (Wildman–Crippen MR) is 130 cm³/mol. The molecule has 0 spiro atoms. The number of amides is 1. The minimum Gasteiger partial charge on any atom is -0.496 e. The van der Waals surface area contributed by atoms with Crippen molar-refractivity contribution in [1.29, 1.82) is 0 Å². The maximum Gasteiger partial charge on any atom is 0.296 e. The molecular formula is C17H14Cl3IN4O4S. The normalized spacial score (nSPS) is 11.9. The van der Waals surface area contributed by atoms with Crippen molar-refractivity contribution in [2.24, 2.45) is 0 Å². The zero-order chi connectivity index (χ0) is 22.5. The van der Waals surface area contributed by atoms with Crippen LogP contribution >= 0.6 is 69.6 Å². The van der Waals surface area contributed by atoms with Gasteiger partial charge in [-0.15, -0.1) is 0 Å². The molecule has 3 N–H and O–H groups in total. The molecule has 8 nitrogen and oxygen atoms in total. The number of hydrogen-bond acceptors (Lipinski definition) is 5. The van der Waals surface area contributed by atoms with Crippen LogP contribution in [0.3, 0.4) is 0 Å². The number of ether oxygens (including phenoxy) is 1. The van der Waals surface area contributed by atoms with Crippen LogP contribution in [-0.2, 0) is 0 Å². The Balaban J connectivity index is 2.16. The van der Waals surface area contributed by atoms with Crippen molar-refractivity contribution in [1.82, 2.24) is 10.6 Å². The van der Waals surface area contributed by atoms with Gasteiger partial charge in [0.25, 0.3) is 11.6 Å². The van der Waals surface area contributed by atoms with Crippen molar-refractivity contribution in [2.45, 2.75) is 9.96 Å². The molecule has 0 heterocycles. The van der Waals surface area contributed by atoms with Gasteiger partial charge in [0.1, 0.15) is 17.6 Å². The zero-order valence-corrected chi connectivity index (χ0v) is 20.4. The van der Waals surface area contributed by atoms with Crippen molar-refractivity contribution < 1.29 is 14.5 Å². The third-order valence-electron chi connectivity index (χ3n) is 3.61. The molecule has 160 valence electrons. The lowest BCUT2D eigenvalue weighted by Gasteiger charge is -2.27. The van der Waals surface area contributed by atoms with Crippen molar-refractivity contribution in [3.63, 3.8) is 0 Å². The highest BCUT2D eigenvalue weighted by Crippen LogP contribution is 2.31. The molecule has 0 fully saturated rings. The lowest BCUT2D eigenvalue weighted by molar-refractivity contribution is -0.384. The Hall–Kier alpha value is -1.60. The second kappa shape index (κ2) is 10.6. The lowest BCUT2D eigenvalue weighted by Crippen LogP contribution is -2.56. The molecule has 0 aliphatic rings. The van der Waals surface area contributed by atoms with E-state index in [1.165, 1.54) is 25.3 Å². The number of nitrogens with zero attached hydrogens (tertiary/aromatic N) is 1. The fourth-order valence-electron chi connectivity index (χ4n) is 2.23. The van der Waals surface area contributed by atoms with Gasteiger partial charge in [-0.25, -0.2) is 0 Å². The van der Waals surface area contributed by atoms with Gasteiger partial charge in [0.2, 0.25) is 3.79 Å². The Morgan fingerprint density at radius 2 is 1.93 bits per heavy atom. The van der Waals surface area contributed by atoms with Gasteiger partial charge in [0.05, 0.1) is 18.1 Å². The van der Waals surface area contributed by atoms with Crippen LogP contribution in [0.4, 0.5) is 11.4 Å². The van der Waals surface area contributed by atoms with Crippen LogP contribution in [0.25, 0.3) is 0 Å². The number of carbonyl (C=O) groups excluding carboxylic acids is 1. The second-order valence-corrected chi connectivity index (χ2v) is 9.72. The SMILES string of the molecule is COc1ccc(NC(=S)NC(NC(=O)c2cccc(I)c2)C(Cl)(Cl)Cl)c([N+](=O)[O-])c1. The van der Waals surface area contributed by atoms with E-state index < -0.39 is 20.8 Å². The summed E-state index contributed by atoms with van der Waals surface area (Å²) in [6.45, 7) is 0. The Kier molecular flexibility index (Phi) is 8.73. The number of methoxy groups -OCH3 is 1. The van der Waals surface area contributed by atoms with E-state index in [2.05, 4.69) is 38.5 Å². The number of hydrogen-bond donors (Lipinski definition) is 3. The van der Waals surface area contributed by atoms with E-state index in [4.69, 9.17) is 51.8 Å². The molecule has 1 atom stereocenters. The summed E-state index contributed by atoms with van der Waals surface area (Å²) in [6, 6.07) is 11.0. The van der Waals surface area contributed by atoms with E-state index in [1.54, 1.807) is 18.2 Å². The monoisotopic (exact) mass is 602 g/mol. The van der Waals surface area contributed by atoms with Gasteiger partial charge in [-0.05, 0) is 65.1 Å². The minimum absolute atomic E-state index is 0.0882. The fourth-order valence-corrected chi connectivity index (χ4v) is 3.33. The summed E-state index contributed by atoms with van der Waals surface area (Å²) >= 11 is 25.2. The summed E-state index contributed by atoms with van der Waals surface area (Å²) in [4.78, 5) is 23.2. The first-order valence-electron chi connectivity index (χ1n) is 8.04. The smallest absolute Gasteiger partial charge is 0.296 e. The molecule has 0 aromatic heterocycles. The highest BCUT2D eigenvalue weighted by Gasteiger charge is 2.35. The van der Waals surface area contributed by atoms with Gasteiger partial charge in [0.15, 0.2) is 5.11 Å². The van der Waals surface area contributed by atoms with Crippen LogP contribution in [0.15, 0.2) is 42.5 Å². The molecule has 2 rings (SSSR count). The maximum absolute atomic E-state index is 12.5. The highest BCUT2D eigenvalue weighted by molar-refractivity contribution is 14.1. The van der Waals surface area contributed by atoms with E-state index in [9.17, 15) is 14.9 Å². The molecular weight excluding hydrogens is 590 g/mol. The quantitative estimate of drug-likeness (QED) is 0.111. The molecule has 13 heteroatoms. The average Bonchev–Trinajstić information content (AvgIpc) is 2.66. The Labute approximate surface area is 205 Å². The second-order valence-electron chi connectivity index (χ2n) is 5.70. The van der Waals surface area contributed by atoms with Crippen molar-refractivity contribution in [3.8, 4) is 5.75 Å². The number of benzene rings is 2. The standard InChI is InChI=1S/C17H14Cl3IN4O4S/c1-29-11-5-6-12(13(8-11)25(27)28)22-16(30)24-15(17(18,19)20)23-14(26)9-3-2-4-10(21)7-9/h2-8,15H,1H3,(H,23,26)(H2,22,24,30). The lowest BCUT2D eigenvalue weighted by atomic mass is 10.2. The van der Waals surface area contributed by atoms with Gasteiger partial charge in [0, 0.05) is 9.13 Å². The van der Waals surface area contributed by atoms with Gasteiger partial charge < -0.3 is 20.7 Å². The molecule has 0 saturated carbocycles. The third-order valence-corrected chi connectivity index (χ3v) is 5.16. The van der Waals surface area contributed by atoms with E-state index in [1.807, 2.05) is 6.07 Å². The molecule has 0 radical (unpaired) electrons. The molecule has 1 unspecified atom stereocenters. The molecule has 0 bridgehead atoms. The molecule has 2 aromatic rings. The van der Waals surface area contributed by atoms with E-state index in [0.29, 0.717) is 11.3 Å². The first kappa shape index (κ1) is 24.7. The topological polar surface area (TPSA) is 106 Å². The van der Waals surface area contributed by atoms with Crippen molar-refractivity contribution in [3.05, 3.63) is 61.7 Å². The minimum atomic E-state index is -1.98. The number of carbonyl (C=O) groups is 1. The fraction of sp³-hybridized carbons (Fsp3) is 0.176. The highest BCUT2D eigenvalue weighted by atomic mass is 127. The van der Waals surface area contributed by atoms with Crippen molar-refractivity contribution in [2.75, 3.05) is 12.4 Å². The summed E-state index contributed by atoms with van der Waals surface area (Å²) in [6.07, 6.45) is -1.23. The summed E-state index contributed by atoms with van der Waals surface area (Å²) in [7, 11) is 1.39. The molecule has 0 saturated heterocycles. The molecule has 1 amide bonds. The van der Waals surface area contributed by atoms with Crippen LogP contribution in [0, 0.1) is 13.7 Å². The van der Waals surface area contributed by atoms with E-state index in [-0.39, 0.29) is 16.5 Å². The largest absolute Gasteiger partial charge is 0.496 e. The summed E-state index contributed by atoms with van der Waals surface area (Å²) in [5.74, 6) is -0.203. The molecule has 2 aromatic carbocycles. The maximum atomic E-state index is 12.5. The number of anilines is 1. The van der Waals surface area contributed by atoms with Crippen LogP contribution in [-0.4, -0.2) is 33.0 Å². The summed E-state index contributed by atoms with van der Waals surface area (Å²) in [5, 5.41) is 19.1. The average molecular weight is 604 g/mol. The number of thiocarbonyl (C=S) groups is 1. The zero-order valence-electron chi connectivity index (χ0n) is 15.1. The van der Waals surface area contributed by atoms with Gasteiger partial charge in [-0.1, -0.05) is 40.9 Å². The summed E-state index contributed by atoms with van der Waals surface area (Å²) < 4.78 is 3.86. The van der Waals surface area contributed by atoms with Crippen LogP contribution in [0.2, 0.25) is 0 Å². The number of rotatable bonds is 6. The van der Waals surface area contributed by atoms with E-state index >= 15 is 0 Å². The van der Waals surface area contributed by atoms with Crippen LogP contribution in [0.1, 0.15) is 10.4 Å². The summed E-state index contributed by atoms with van der Waals surface area (Å²) in [5.41, 5.74) is 0.171. The van der Waals surface area contributed by atoms with Crippen molar-refractivity contribution >= 4 is 92.0 Å². The van der Waals surface area contributed by atoms with Gasteiger partial charge >= 0.3 is 0 Å². The Bertz CT molecular complexity index is 974. The number of halogens is 4. The molecule has 30 heavy (non-hydrogen) atoms. The molecule has 0 aliphatic heterocycles.